The van der Waals surface area contributed by atoms with Gasteiger partial charge in [-0.3, -0.25) is 9.69 Å². The standard InChI is InChI=1S/C13H23NO4/c1-17-13(16)8-10-9-14(6-7-18-10)11-4-2-3-5-12(11)15/h10-12,15H,2-9H2,1H3. The van der Waals surface area contributed by atoms with Crippen LogP contribution in [0.1, 0.15) is 32.1 Å². The van der Waals surface area contributed by atoms with Gasteiger partial charge in [0.1, 0.15) is 0 Å². The van der Waals surface area contributed by atoms with Crippen molar-refractivity contribution in [2.75, 3.05) is 26.8 Å². The predicted octanol–water partition coefficient (Wildman–Crippen LogP) is 0.554. The van der Waals surface area contributed by atoms with E-state index in [0.717, 1.165) is 32.4 Å². The molecule has 0 bridgehead atoms. The van der Waals surface area contributed by atoms with E-state index in [1.807, 2.05) is 0 Å². The number of rotatable bonds is 3. The quantitative estimate of drug-likeness (QED) is 0.748. The average molecular weight is 257 g/mol. The van der Waals surface area contributed by atoms with Crippen LogP contribution in [0, 0.1) is 0 Å². The molecule has 0 aromatic heterocycles. The molecule has 104 valence electrons. The molecule has 1 saturated heterocycles. The zero-order valence-electron chi connectivity index (χ0n) is 11.0. The van der Waals surface area contributed by atoms with Crippen molar-refractivity contribution in [2.45, 2.75) is 50.4 Å². The van der Waals surface area contributed by atoms with Gasteiger partial charge in [-0.1, -0.05) is 12.8 Å². The third-order valence-corrected chi connectivity index (χ3v) is 3.96. The zero-order chi connectivity index (χ0) is 13.0. The van der Waals surface area contributed by atoms with Gasteiger partial charge in [-0.2, -0.15) is 0 Å². The van der Waals surface area contributed by atoms with E-state index in [-0.39, 0.29) is 24.2 Å². The number of hydrogen-bond donors (Lipinski definition) is 1. The third kappa shape index (κ3) is 3.43. The summed E-state index contributed by atoms with van der Waals surface area (Å²) in [5.74, 6) is -0.231. The number of carbonyl (C=O) groups is 1. The lowest BCUT2D eigenvalue weighted by Gasteiger charge is -2.41. The van der Waals surface area contributed by atoms with Crippen LogP contribution in [0.25, 0.3) is 0 Å². The maximum atomic E-state index is 11.3. The first kappa shape index (κ1) is 13.8. The molecule has 0 amide bonds. The van der Waals surface area contributed by atoms with Gasteiger partial charge in [0.2, 0.25) is 0 Å². The Labute approximate surface area is 108 Å². The second-order valence-electron chi connectivity index (χ2n) is 5.19. The summed E-state index contributed by atoms with van der Waals surface area (Å²) in [6, 6.07) is 0.239. The third-order valence-electron chi connectivity index (χ3n) is 3.96. The number of morpholine rings is 1. The number of hydrogen-bond acceptors (Lipinski definition) is 5. The first-order valence-corrected chi connectivity index (χ1v) is 6.81. The van der Waals surface area contributed by atoms with E-state index in [0.29, 0.717) is 13.0 Å². The molecule has 3 unspecified atom stereocenters. The molecule has 0 radical (unpaired) electrons. The van der Waals surface area contributed by atoms with Crippen molar-refractivity contribution < 1.29 is 19.4 Å². The minimum atomic E-state index is -0.231. The lowest BCUT2D eigenvalue weighted by Crippen LogP contribution is -2.53. The maximum Gasteiger partial charge on any atom is 0.308 e. The van der Waals surface area contributed by atoms with Crippen LogP contribution in [0.15, 0.2) is 0 Å². The summed E-state index contributed by atoms with van der Waals surface area (Å²) in [7, 11) is 1.40. The van der Waals surface area contributed by atoms with E-state index in [4.69, 9.17) is 4.74 Å². The van der Waals surface area contributed by atoms with Crippen LogP contribution >= 0.6 is 0 Å². The van der Waals surface area contributed by atoms with Crippen LogP contribution in [-0.2, 0) is 14.3 Å². The molecule has 0 aromatic carbocycles. The second-order valence-corrected chi connectivity index (χ2v) is 5.19. The fourth-order valence-electron chi connectivity index (χ4n) is 2.95. The zero-order valence-corrected chi connectivity index (χ0v) is 11.0. The van der Waals surface area contributed by atoms with E-state index < -0.39 is 0 Å². The van der Waals surface area contributed by atoms with Crippen molar-refractivity contribution >= 4 is 5.97 Å². The molecule has 0 aromatic rings. The highest BCUT2D eigenvalue weighted by Crippen LogP contribution is 2.25. The van der Waals surface area contributed by atoms with Crippen molar-refractivity contribution in [3.8, 4) is 0 Å². The first-order valence-electron chi connectivity index (χ1n) is 6.81. The Morgan fingerprint density at radius 1 is 1.44 bits per heavy atom. The fraction of sp³-hybridized carbons (Fsp3) is 0.923. The molecule has 0 spiro atoms. The van der Waals surface area contributed by atoms with Crippen molar-refractivity contribution in [3.63, 3.8) is 0 Å². The van der Waals surface area contributed by atoms with Gasteiger partial charge in [0.25, 0.3) is 0 Å². The Balaban J connectivity index is 1.87. The highest BCUT2D eigenvalue weighted by molar-refractivity contribution is 5.69. The predicted molar refractivity (Wildman–Crippen MR) is 66.2 cm³/mol. The van der Waals surface area contributed by atoms with Crippen LogP contribution in [0.5, 0.6) is 0 Å². The molecule has 5 nitrogen and oxygen atoms in total. The number of carbonyl (C=O) groups excluding carboxylic acids is 1. The summed E-state index contributed by atoms with van der Waals surface area (Å²) >= 11 is 0. The summed E-state index contributed by atoms with van der Waals surface area (Å²) in [4.78, 5) is 13.5. The molecule has 1 saturated carbocycles. The van der Waals surface area contributed by atoms with Crippen molar-refractivity contribution in [1.82, 2.24) is 4.90 Å². The molecule has 5 heteroatoms. The average Bonchev–Trinajstić information content (AvgIpc) is 2.39. The van der Waals surface area contributed by atoms with Gasteiger partial charge in [0, 0.05) is 19.1 Å². The van der Waals surface area contributed by atoms with Crippen LogP contribution in [0.4, 0.5) is 0 Å². The molecule has 3 atom stereocenters. The SMILES string of the molecule is COC(=O)CC1CN(C2CCCCC2O)CCO1. The Kier molecular flexibility index (Phi) is 4.97. The van der Waals surface area contributed by atoms with Gasteiger partial charge in [-0.25, -0.2) is 0 Å². The molecule has 2 aliphatic rings. The van der Waals surface area contributed by atoms with E-state index >= 15 is 0 Å². The number of aliphatic hydroxyl groups is 1. The van der Waals surface area contributed by atoms with Crippen LogP contribution < -0.4 is 0 Å². The number of esters is 1. The molecule has 1 aliphatic heterocycles. The molecule has 2 rings (SSSR count). The molecular formula is C13H23NO4. The molecule has 18 heavy (non-hydrogen) atoms. The van der Waals surface area contributed by atoms with Crippen LogP contribution in [-0.4, -0.2) is 61.0 Å². The normalized spacial score (nSPS) is 34.2. The lowest BCUT2D eigenvalue weighted by atomic mass is 9.91. The van der Waals surface area contributed by atoms with Crippen molar-refractivity contribution in [3.05, 3.63) is 0 Å². The summed E-state index contributed by atoms with van der Waals surface area (Å²) in [6.45, 7) is 2.20. The van der Waals surface area contributed by atoms with E-state index in [9.17, 15) is 9.90 Å². The first-order chi connectivity index (χ1) is 8.70. The largest absolute Gasteiger partial charge is 0.469 e. The molecule has 2 fully saturated rings. The molecular weight excluding hydrogens is 234 g/mol. The highest BCUT2D eigenvalue weighted by atomic mass is 16.5. The molecule has 1 aliphatic carbocycles. The minimum absolute atomic E-state index is 0.0969. The van der Waals surface area contributed by atoms with E-state index in [1.165, 1.54) is 13.5 Å². The summed E-state index contributed by atoms with van der Waals surface area (Å²) in [6.07, 6.45) is 4.22. The summed E-state index contributed by atoms with van der Waals surface area (Å²) < 4.78 is 10.3. The monoisotopic (exact) mass is 257 g/mol. The topological polar surface area (TPSA) is 59.0 Å². The van der Waals surface area contributed by atoms with Crippen LogP contribution in [0.2, 0.25) is 0 Å². The number of methoxy groups -OCH3 is 1. The lowest BCUT2D eigenvalue weighted by molar-refractivity contribution is -0.147. The van der Waals surface area contributed by atoms with Gasteiger partial charge in [-0.05, 0) is 12.8 Å². The molecule has 1 heterocycles. The van der Waals surface area contributed by atoms with Crippen molar-refractivity contribution in [1.29, 1.82) is 0 Å². The summed E-state index contributed by atoms with van der Waals surface area (Å²) in [5, 5.41) is 10.1. The fourth-order valence-corrected chi connectivity index (χ4v) is 2.95. The van der Waals surface area contributed by atoms with Crippen molar-refractivity contribution in [2.24, 2.45) is 0 Å². The number of aliphatic hydroxyl groups excluding tert-OH is 1. The smallest absolute Gasteiger partial charge is 0.308 e. The number of nitrogens with zero attached hydrogens (tertiary/aromatic N) is 1. The minimum Gasteiger partial charge on any atom is -0.469 e. The number of ether oxygens (including phenoxy) is 2. The maximum absolute atomic E-state index is 11.3. The van der Waals surface area contributed by atoms with Gasteiger partial charge in [0.15, 0.2) is 0 Å². The highest BCUT2D eigenvalue weighted by Gasteiger charge is 2.33. The summed E-state index contributed by atoms with van der Waals surface area (Å²) in [5.41, 5.74) is 0. The Bertz CT molecular complexity index is 284. The molecule has 1 N–H and O–H groups in total. The Morgan fingerprint density at radius 3 is 2.94 bits per heavy atom. The Hall–Kier alpha value is -0.650. The van der Waals surface area contributed by atoms with Gasteiger partial charge >= 0.3 is 5.97 Å². The second kappa shape index (κ2) is 6.50. The Morgan fingerprint density at radius 2 is 2.22 bits per heavy atom. The van der Waals surface area contributed by atoms with E-state index in [2.05, 4.69) is 9.64 Å². The van der Waals surface area contributed by atoms with E-state index in [1.54, 1.807) is 0 Å². The van der Waals surface area contributed by atoms with Crippen LogP contribution in [0.3, 0.4) is 0 Å². The van der Waals surface area contributed by atoms with Gasteiger partial charge < -0.3 is 14.6 Å². The van der Waals surface area contributed by atoms with Gasteiger partial charge in [0.05, 0.1) is 32.3 Å². The van der Waals surface area contributed by atoms with Gasteiger partial charge in [-0.15, -0.1) is 0 Å².